The number of rotatable bonds is 5. The predicted octanol–water partition coefficient (Wildman–Crippen LogP) is 4.35. The van der Waals surface area contributed by atoms with Crippen molar-refractivity contribution < 1.29 is 14.3 Å². The standard InChI is InChI=1S/C25H24Cl2N8O3/c1-37-15-4-6-20(38-2)18(12-15)31-25(36)35-9-7-34(8-10-35)23-21-22(32-24(28)33-23)29-13-19(30-21)16-5-3-14(26)11-17(16)27/h3-6,11-13H,7-10H2,1-2H3,(H,31,36)(H2,28,29,32,33). The van der Waals surface area contributed by atoms with E-state index in [2.05, 4.69) is 20.3 Å². The lowest BCUT2D eigenvalue weighted by molar-refractivity contribution is 0.208. The monoisotopic (exact) mass is 554 g/mol. The van der Waals surface area contributed by atoms with E-state index in [-0.39, 0.29) is 12.0 Å². The Labute approximate surface area is 228 Å². The highest BCUT2D eigenvalue weighted by Crippen LogP contribution is 2.32. The van der Waals surface area contributed by atoms with Gasteiger partial charge in [-0.25, -0.2) is 14.8 Å². The molecule has 2 amide bonds. The third kappa shape index (κ3) is 5.15. The molecule has 2 aromatic carbocycles. The zero-order valence-corrected chi connectivity index (χ0v) is 22.1. The van der Waals surface area contributed by atoms with Crippen molar-refractivity contribution in [3.8, 4) is 22.8 Å². The Bertz CT molecular complexity index is 1510. The molecule has 0 bridgehead atoms. The van der Waals surface area contributed by atoms with Crippen LogP contribution in [0.2, 0.25) is 10.0 Å². The minimum atomic E-state index is -0.247. The molecular formula is C25H24Cl2N8O3. The van der Waals surface area contributed by atoms with E-state index in [9.17, 15) is 4.79 Å². The molecule has 1 aliphatic rings. The fourth-order valence-electron chi connectivity index (χ4n) is 4.18. The number of anilines is 3. The van der Waals surface area contributed by atoms with Crippen molar-refractivity contribution in [1.82, 2.24) is 24.8 Å². The Morgan fingerprint density at radius 2 is 1.79 bits per heavy atom. The van der Waals surface area contributed by atoms with Gasteiger partial charge in [0, 0.05) is 42.8 Å². The number of urea groups is 1. The number of nitrogens with zero attached hydrogens (tertiary/aromatic N) is 6. The molecule has 0 radical (unpaired) electrons. The number of amides is 2. The summed E-state index contributed by atoms with van der Waals surface area (Å²) in [4.78, 5) is 34.7. The maximum atomic E-state index is 13.0. The zero-order chi connectivity index (χ0) is 26.8. The third-order valence-electron chi connectivity index (χ3n) is 6.13. The van der Waals surface area contributed by atoms with Crippen molar-refractivity contribution in [1.29, 1.82) is 0 Å². The topological polar surface area (TPSA) is 132 Å². The summed E-state index contributed by atoms with van der Waals surface area (Å²) in [6, 6.07) is 10.1. The van der Waals surface area contributed by atoms with Crippen LogP contribution in [0.15, 0.2) is 42.6 Å². The van der Waals surface area contributed by atoms with Crippen molar-refractivity contribution in [3.63, 3.8) is 0 Å². The van der Waals surface area contributed by atoms with E-state index in [0.717, 1.165) is 0 Å². The number of nitrogens with two attached hydrogens (primary N) is 1. The first kappa shape index (κ1) is 25.6. The molecule has 0 atom stereocenters. The Morgan fingerprint density at radius 3 is 2.50 bits per heavy atom. The van der Waals surface area contributed by atoms with E-state index in [1.54, 1.807) is 61.7 Å². The first-order valence-corrected chi connectivity index (χ1v) is 12.4. The molecular weight excluding hydrogens is 531 g/mol. The second-order valence-corrected chi connectivity index (χ2v) is 9.27. The fraction of sp³-hybridized carbons (Fsp3) is 0.240. The second-order valence-electron chi connectivity index (χ2n) is 8.43. The number of piperazine rings is 1. The van der Waals surface area contributed by atoms with E-state index >= 15 is 0 Å². The number of carbonyl (C=O) groups excluding carboxylic acids is 1. The number of methoxy groups -OCH3 is 2. The van der Waals surface area contributed by atoms with Crippen LogP contribution in [0.3, 0.4) is 0 Å². The number of benzene rings is 2. The van der Waals surface area contributed by atoms with Crippen LogP contribution < -0.4 is 25.4 Å². The van der Waals surface area contributed by atoms with Crippen LogP contribution in [0.1, 0.15) is 0 Å². The van der Waals surface area contributed by atoms with Gasteiger partial charge in [0.25, 0.3) is 0 Å². The molecule has 38 heavy (non-hydrogen) atoms. The van der Waals surface area contributed by atoms with Gasteiger partial charge in [-0.1, -0.05) is 23.2 Å². The number of ether oxygens (including phenoxy) is 2. The third-order valence-corrected chi connectivity index (χ3v) is 6.68. The maximum absolute atomic E-state index is 13.0. The first-order valence-electron chi connectivity index (χ1n) is 11.6. The summed E-state index contributed by atoms with van der Waals surface area (Å²) < 4.78 is 10.6. The largest absolute Gasteiger partial charge is 0.497 e. The number of carbonyl (C=O) groups is 1. The highest BCUT2D eigenvalue weighted by molar-refractivity contribution is 6.36. The average Bonchev–Trinajstić information content (AvgIpc) is 2.92. The van der Waals surface area contributed by atoms with E-state index < -0.39 is 0 Å². The smallest absolute Gasteiger partial charge is 0.322 e. The van der Waals surface area contributed by atoms with Gasteiger partial charge in [0.05, 0.1) is 36.8 Å². The lowest BCUT2D eigenvalue weighted by Gasteiger charge is -2.35. The summed E-state index contributed by atoms with van der Waals surface area (Å²) in [6.07, 6.45) is 1.59. The van der Waals surface area contributed by atoms with Gasteiger partial charge in [0.1, 0.15) is 11.5 Å². The number of nitrogens with one attached hydrogen (secondary N) is 1. The molecule has 2 aromatic heterocycles. The van der Waals surface area contributed by atoms with Gasteiger partial charge in [0.15, 0.2) is 17.0 Å². The number of nitrogen functional groups attached to an aromatic ring is 1. The molecule has 1 fully saturated rings. The predicted molar refractivity (Wildman–Crippen MR) is 147 cm³/mol. The van der Waals surface area contributed by atoms with Crippen molar-refractivity contribution in [2.75, 3.05) is 56.3 Å². The maximum Gasteiger partial charge on any atom is 0.322 e. The van der Waals surface area contributed by atoms with Gasteiger partial charge >= 0.3 is 6.03 Å². The second kappa shape index (κ2) is 10.7. The molecule has 0 unspecified atom stereocenters. The molecule has 13 heteroatoms. The lowest BCUT2D eigenvalue weighted by Crippen LogP contribution is -2.50. The molecule has 0 aliphatic carbocycles. The van der Waals surface area contributed by atoms with Gasteiger partial charge in [-0.05, 0) is 30.3 Å². The van der Waals surface area contributed by atoms with E-state index in [1.165, 1.54) is 0 Å². The number of hydrogen-bond donors (Lipinski definition) is 2. The number of hydrogen-bond acceptors (Lipinski definition) is 9. The Balaban J connectivity index is 1.36. The molecule has 4 aromatic rings. The zero-order valence-electron chi connectivity index (χ0n) is 20.6. The summed E-state index contributed by atoms with van der Waals surface area (Å²) in [5.41, 5.74) is 8.60. The Kier molecular flexibility index (Phi) is 7.21. The number of halogens is 2. The van der Waals surface area contributed by atoms with Gasteiger partial charge in [-0.2, -0.15) is 9.97 Å². The summed E-state index contributed by atoms with van der Waals surface area (Å²) in [6.45, 7) is 1.89. The van der Waals surface area contributed by atoms with Crippen LogP contribution in [0.5, 0.6) is 11.5 Å². The first-order chi connectivity index (χ1) is 18.4. The van der Waals surface area contributed by atoms with Crippen LogP contribution >= 0.6 is 23.2 Å². The van der Waals surface area contributed by atoms with Gasteiger partial charge in [-0.15, -0.1) is 0 Å². The van der Waals surface area contributed by atoms with Crippen molar-refractivity contribution >= 4 is 57.9 Å². The highest BCUT2D eigenvalue weighted by atomic mass is 35.5. The Morgan fingerprint density at radius 1 is 1.00 bits per heavy atom. The molecule has 196 valence electrons. The van der Waals surface area contributed by atoms with Crippen LogP contribution in [0.25, 0.3) is 22.4 Å². The van der Waals surface area contributed by atoms with Gasteiger partial charge in [0.2, 0.25) is 5.95 Å². The van der Waals surface area contributed by atoms with Crippen LogP contribution in [-0.2, 0) is 0 Å². The van der Waals surface area contributed by atoms with Crippen molar-refractivity contribution in [3.05, 3.63) is 52.6 Å². The molecule has 3 N–H and O–H groups in total. The van der Waals surface area contributed by atoms with Crippen molar-refractivity contribution in [2.45, 2.75) is 0 Å². The van der Waals surface area contributed by atoms with Gasteiger partial charge < -0.3 is 30.3 Å². The van der Waals surface area contributed by atoms with Crippen LogP contribution in [-0.4, -0.2) is 71.3 Å². The summed E-state index contributed by atoms with van der Waals surface area (Å²) in [5.74, 6) is 1.78. The lowest BCUT2D eigenvalue weighted by atomic mass is 10.1. The minimum absolute atomic E-state index is 0.0874. The number of fused-ring (bicyclic) bond motifs is 1. The van der Waals surface area contributed by atoms with E-state index in [0.29, 0.717) is 81.6 Å². The molecule has 3 heterocycles. The molecule has 0 saturated carbocycles. The van der Waals surface area contributed by atoms with Crippen LogP contribution in [0.4, 0.5) is 22.2 Å². The Hall–Kier alpha value is -4.09. The molecule has 0 spiro atoms. The molecule has 1 aliphatic heterocycles. The minimum Gasteiger partial charge on any atom is -0.497 e. The summed E-state index contributed by atoms with van der Waals surface area (Å²) in [7, 11) is 3.11. The van der Waals surface area contributed by atoms with E-state index in [1.807, 2.05) is 4.90 Å². The summed E-state index contributed by atoms with van der Waals surface area (Å²) >= 11 is 12.4. The summed E-state index contributed by atoms with van der Waals surface area (Å²) in [5, 5.41) is 3.89. The quantitative estimate of drug-likeness (QED) is 0.369. The SMILES string of the molecule is COc1ccc(OC)c(NC(=O)N2CCN(c3nc(N)nc4ncc(-c5ccc(Cl)cc5Cl)nc34)CC2)c1. The van der Waals surface area contributed by atoms with E-state index in [4.69, 9.17) is 43.4 Å². The fourth-order valence-corrected chi connectivity index (χ4v) is 4.69. The molecule has 11 nitrogen and oxygen atoms in total. The van der Waals surface area contributed by atoms with Crippen molar-refractivity contribution in [2.24, 2.45) is 0 Å². The molecule has 5 rings (SSSR count). The normalized spacial score (nSPS) is 13.5. The van der Waals surface area contributed by atoms with Crippen LogP contribution in [0, 0.1) is 0 Å². The van der Waals surface area contributed by atoms with Gasteiger partial charge in [-0.3, -0.25) is 0 Å². The average molecular weight is 555 g/mol. The highest BCUT2D eigenvalue weighted by Gasteiger charge is 2.25. The number of aromatic nitrogens is 4. The molecule has 1 saturated heterocycles.